The van der Waals surface area contributed by atoms with Crippen molar-refractivity contribution >= 4 is 23.0 Å². The van der Waals surface area contributed by atoms with Crippen LogP contribution in [0.4, 0.5) is 13.2 Å². The zero-order valence-corrected chi connectivity index (χ0v) is 18.7. The Morgan fingerprint density at radius 2 is 1.56 bits per heavy atom. The van der Waals surface area contributed by atoms with E-state index in [0.29, 0.717) is 53.4 Å². The summed E-state index contributed by atoms with van der Waals surface area (Å²) in [4.78, 5) is 13.3. The van der Waals surface area contributed by atoms with Gasteiger partial charge in [-0.05, 0) is 84.4 Å². The summed E-state index contributed by atoms with van der Waals surface area (Å²) in [7, 11) is 0. The van der Waals surface area contributed by atoms with Crippen LogP contribution in [-0.4, -0.2) is 10.9 Å². The second-order valence-electron chi connectivity index (χ2n) is 8.96. The Kier molecular flexibility index (Phi) is 6.39. The summed E-state index contributed by atoms with van der Waals surface area (Å²) in [5, 5.41) is 10.7. The number of allylic oxidation sites excluding steroid dienone is 2. The number of aryl methyl sites for hydroxylation is 1. The number of Topliss-reactive ketones (excluding diaryl/α,β-unsaturated/α-hetero) is 1. The lowest BCUT2D eigenvalue weighted by Gasteiger charge is -2.26. The smallest absolute Gasteiger partial charge is 0.417 e. The van der Waals surface area contributed by atoms with Crippen LogP contribution in [0, 0.1) is 11.8 Å². The molecule has 0 unspecified atom stereocenters. The van der Waals surface area contributed by atoms with E-state index in [1.54, 1.807) is 18.2 Å². The number of carbonyl (C=O) groups excluding carboxylic acids is 1. The number of aliphatic hydroxyl groups excluding tert-OH is 1. The molecule has 6 heteroatoms. The van der Waals surface area contributed by atoms with E-state index in [1.807, 2.05) is 13.0 Å². The van der Waals surface area contributed by atoms with Crippen molar-refractivity contribution in [2.45, 2.75) is 58.0 Å². The maximum atomic E-state index is 13.4. The van der Waals surface area contributed by atoms with E-state index >= 15 is 0 Å². The molecule has 0 amide bonds. The maximum absolute atomic E-state index is 13.4. The Hall–Kier alpha value is -2.27. The fourth-order valence-electron chi connectivity index (χ4n) is 5.07. The summed E-state index contributed by atoms with van der Waals surface area (Å²) in [5.41, 5.74) is 1.87. The van der Waals surface area contributed by atoms with Crippen LogP contribution in [0.1, 0.15) is 62.1 Å². The largest absolute Gasteiger partial charge is 0.512 e. The summed E-state index contributed by atoms with van der Waals surface area (Å²) in [6.07, 6.45) is 0.986. The van der Waals surface area contributed by atoms with Gasteiger partial charge in [0.05, 0.1) is 16.2 Å². The number of hydrogen-bond acceptors (Lipinski definition) is 2. The molecular weight excluding hydrogens is 437 g/mol. The summed E-state index contributed by atoms with van der Waals surface area (Å²) in [6.45, 7) is 1.96. The summed E-state index contributed by atoms with van der Waals surface area (Å²) in [6, 6.07) is 9.15. The lowest BCUT2D eigenvalue weighted by molar-refractivity contribution is -0.137. The molecule has 5 rings (SSSR count). The molecule has 2 aromatic carbocycles. The van der Waals surface area contributed by atoms with E-state index in [4.69, 9.17) is 11.6 Å². The quantitative estimate of drug-likeness (QED) is 0.501. The number of rotatable bonds is 3. The maximum Gasteiger partial charge on any atom is 0.417 e. The van der Waals surface area contributed by atoms with E-state index in [0.717, 1.165) is 37.3 Å². The van der Waals surface area contributed by atoms with Gasteiger partial charge in [-0.15, -0.1) is 0 Å². The van der Waals surface area contributed by atoms with E-state index in [2.05, 4.69) is 0 Å². The summed E-state index contributed by atoms with van der Waals surface area (Å²) >= 11 is 5.78. The van der Waals surface area contributed by atoms with Gasteiger partial charge in [0.2, 0.25) is 0 Å². The van der Waals surface area contributed by atoms with Crippen LogP contribution in [0.25, 0.3) is 16.7 Å². The lowest BCUT2D eigenvalue weighted by atomic mass is 9.79. The predicted molar refractivity (Wildman–Crippen MR) is 121 cm³/mol. The second-order valence-corrected chi connectivity index (χ2v) is 9.36. The van der Waals surface area contributed by atoms with Crippen molar-refractivity contribution in [3.63, 3.8) is 0 Å². The molecule has 2 bridgehead atoms. The monoisotopic (exact) mass is 462 g/mol. The zero-order valence-electron chi connectivity index (χ0n) is 17.9. The lowest BCUT2D eigenvalue weighted by Crippen LogP contribution is -2.15. The van der Waals surface area contributed by atoms with Gasteiger partial charge in [0.1, 0.15) is 5.76 Å². The molecule has 0 radical (unpaired) electrons. The number of carbonyl (C=O) groups is 1. The molecule has 1 fully saturated rings. The molecule has 1 N–H and O–H groups in total. The normalized spacial score (nSPS) is 24.2. The highest BCUT2D eigenvalue weighted by molar-refractivity contribution is 6.31. The summed E-state index contributed by atoms with van der Waals surface area (Å²) in [5.74, 6) is 0.736. The van der Waals surface area contributed by atoms with Crippen LogP contribution in [-0.2, 0) is 17.4 Å². The van der Waals surface area contributed by atoms with E-state index < -0.39 is 11.7 Å². The molecule has 0 aliphatic heterocycles. The number of hydrogen-bond donors (Lipinski definition) is 1. The second kappa shape index (κ2) is 8.93. The Bertz CT molecular complexity index is 1060. The first-order valence-electron chi connectivity index (χ1n) is 11.1. The SMILES string of the molecule is CCc1ccc(-c2ccc(Cl)c(C(F)(F)F)c2)cc1/C1=C(\O)CC2CCC(CC2)CC1=O. The molecule has 0 atom stereocenters. The van der Waals surface area contributed by atoms with Gasteiger partial charge in [-0.25, -0.2) is 0 Å². The first-order valence-corrected chi connectivity index (χ1v) is 11.5. The number of halogens is 4. The van der Waals surface area contributed by atoms with Crippen LogP contribution in [0.5, 0.6) is 0 Å². The van der Waals surface area contributed by atoms with Crippen molar-refractivity contribution in [3.05, 3.63) is 63.9 Å². The topological polar surface area (TPSA) is 37.3 Å². The highest BCUT2D eigenvalue weighted by Crippen LogP contribution is 2.41. The molecule has 0 spiro atoms. The Balaban J connectivity index is 1.83. The third kappa shape index (κ3) is 4.59. The molecule has 0 heterocycles. The van der Waals surface area contributed by atoms with Crippen molar-refractivity contribution in [3.8, 4) is 11.1 Å². The molecule has 170 valence electrons. The average molecular weight is 463 g/mol. The number of ketones is 1. The number of benzene rings is 2. The Labute approximate surface area is 191 Å². The van der Waals surface area contributed by atoms with Crippen molar-refractivity contribution in [1.82, 2.24) is 0 Å². The molecule has 2 nitrogen and oxygen atoms in total. The Morgan fingerprint density at radius 1 is 0.969 bits per heavy atom. The molecule has 0 aromatic heterocycles. The van der Waals surface area contributed by atoms with Crippen molar-refractivity contribution in [2.24, 2.45) is 11.8 Å². The van der Waals surface area contributed by atoms with Gasteiger partial charge < -0.3 is 5.11 Å². The highest BCUT2D eigenvalue weighted by atomic mass is 35.5. The first-order chi connectivity index (χ1) is 15.2. The van der Waals surface area contributed by atoms with Gasteiger partial charge in [-0.2, -0.15) is 13.2 Å². The number of fused-ring (bicyclic) bond motifs is 5. The predicted octanol–water partition coefficient (Wildman–Crippen LogP) is 8.03. The molecule has 32 heavy (non-hydrogen) atoms. The van der Waals surface area contributed by atoms with Gasteiger partial charge in [-0.1, -0.05) is 36.7 Å². The van der Waals surface area contributed by atoms with Gasteiger partial charge >= 0.3 is 6.18 Å². The molecule has 2 aromatic rings. The molecule has 1 saturated carbocycles. The van der Waals surface area contributed by atoms with E-state index in [1.165, 1.54) is 6.07 Å². The number of aliphatic hydroxyl groups is 1. The van der Waals surface area contributed by atoms with Crippen molar-refractivity contribution < 1.29 is 23.1 Å². The first kappa shape index (κ1) is 22.9. The minimum atomic E-state index is -4.56. The third-order valence-corrected chi connectivity index (χ3v) is 7.18. The molecular formula is C26H26ClF3O2. The third-order valence-electron chi connectivity index (χ3n) is 6.86. The van der Waals surface area contributed by atoms with Crippen LogP contribution in [0.3, 0.4) is 0 Å². The van der Waals surface area contributed by atoms with Crippen molar-refractivity contribution in [1.29, 1.82) is 0 Å². The fraction of sp³-hybridized carbons (Fsp3) is 0.423. The number of alkyl halides is 3. The van der Waals surface area contributed by atoms with Crippen LogP contribution in [0.2, 0.25) is 5.02 Å². The van der Waals surface area contributed by atoms with Gasteiger partial charge in [0.15, 0.2) is 5.78 Å². The Morgan fingerprint density at radius 3 is 2.19 bits per heavy atom. The van der Waals surface area contributed by atoms with Gasteiger partial charge in [-0.3, -0.25) is 4.79 Å². The fourth-order valence-corrected chi connectivity index (χ4v) is 5.29. The molecule has 0 saturated heterocycles. The zero-order chi connectivity index (χ0) is 23.0. The molecule has 3 aliphatic rings. The van der Waals surface area contributed by atoms with Gasteiger partial charge in [0, 0.05) is 12.8 Å². The standard InChI is InChI=1S/C26H26ClF3O2/c1-2-17-7-8-18(19-9-10-22(27)21(14-19)26(28,29)30)13-20(17)25-23(31)11-15-3-4-16(6-5-15)12-24(25)32/h7-10,13-16,31H,2-6,11-12H2,1H3/b25-23+. The highest BCUT2D eigenvalue weighted by Gasteiger charge is 2.34. The van der Waals surface area contributed by atoms with Crippen LogP contribution in [0.15, 0.2) is 42.2 Å². The van der Waals surface area contributed by atoms with Crippen molar-refractivity contribution in [2.75, 3.05) is 0 Å². The van der Waals surface area contributed by atoms with Crippen LogP contribution < -0.4 is 0 Å². The molecule has 3 aliphatic carbocycles. The van der Waals surface area contributed by atoms with Gasteiger partial charge in [0.25, 0.3) is 0 Å². The van der Waals surface area contributed by atoms with E-state index in [9.17, 15) is 23.1 Å². The van der Waals surface area contributed by atoms with E-state index in [-0.39, 0.29) is 16.6 Å². The minimum Gasteiger partial charge on any atom is -0.512 e. The average Bonchev–Trinajstić information content (AvgIpc) is 2.83. The summed E-state index contributed by atoms with van der Waals surface area (Å²) < 4.78 is 40.1. The van der Waals surface area contributed by atoms with Crippen LogP contribution >= 0.6 is 11.6 Å². The minimum absolute atomic E-state index is 0.0750.